The fourth-order valence-corrected chi connectivity index (χ4v) is 1.05. The van der Waals surface area contributed by atoms with Crippen molar-refractivity contribution in [1.29, 1.82) is 0 Å². The first kappa shape index (κ1) is 8.27. The minimum Gasteiger partial charge on any atom is -0.495 e. The number of carbonyl (C=O) groups excluding carboxylic acids is 1. The van der Waals surface area contributed by atoms with E-state index in [0.717, 1.165) is 18.6 Å². The molecule has 0 aliphatic heterocycles. The van der Waals surface area contributed by atoms with E-state index in [-0.39, 0.29) is 12.4 Å². The van der Waals surface area contributed by atoms with E-state index in [4.69, 9.17) is 9.84 Å². The molecule has 0 saturated heterocycles. The second-order valence-corrected chi connectivity index (χ2v) is 2.50. The summed E-state index contributed by atoms with van der Waals surface area (Å²) in [5, 5.41) is 8.43. The van der Waals surface area contributed by atoms with Crippen LogP contribution in [0.1, 0.15) is 19.3 Å². The molecule has 0 aromatic heterocycles. The van der Waals surface area contributed by atoms with Crippen LogP contribution in [0, 0.1) is 0 Å². The van der Waals surface area contributed by atoms with Crippen molar-refractivity contribution < 1.29 is 14.6 Å². The molecular formula is C8H12O3. The van der Waals surface area contributed by atoms with Crippen LogP contribution in [0.2, 0.25) is 0 Å². The highest BCUT2D eigenvalue weighted by atomic mass is 16.5. The largest absolute Gasteiger partial charge is 0.495 e. The van der Waals surface area contributed by atoms with Gasteiger partial charge in [0, 0.05) is 18.9 Å². The van der Waals surface area contributed by atoms with Gasteiger partial charge in [-0.1, -0.05) is 0 Å². The number of hydrogen-bond donors (Lipinski definition) is 1. The van der Waals surface area contributed by atoms with Crippen LogP contribution in [0.25, 0.3) is 0 Å². The van der Waals surface area contributed by atoms with Crippen LogP contribution < -0.4 is 0 Å². The minimum absolute atomic E-state index is 0.00549. The highest BCUT2D eigenvalue weighted by Gasteiger charge is 2.09. The van der Waals surface area contributed by atoms with Gasteiger partial charge in [-0.05, 0) is 6.42 Å². The standard InChI is InChI=1S/C8H12O3/c9-4-5-11-8-3-1-2-7(10)6-8/h6,9H,1-5H2. The normalized spacial score (nSPS) is 17.9. The highest BCUT2D eigenvalue weighted by Crippen LogP contribution is 2.15. The van der Waals surface area contributed by atoms with Crippen molar-refractivity contribution >= 4 is 5.78 Å². The first-order valence-electron chi connectivity index (χ1n) is 3.80. The second-order valence-electron chi connectivity index (χ2n) is 2.50. The highest BCUT2D eigenvalue weighted by molar-refractivity contribution is 5.90. The van der Waals surface area contributed by atoms with Crippen molar-refractivity contribution in [2.24, 2.45) is 0 Å². The number of aliphatic hydroxyl groups is 1. The predicted octanol–water partition coefficient (Wildman–Crippen LogP) is 0.632. The lowest BCUT2D eigenvalue weighted by atomic mass is 10.1. The van der Waals surface area contributed by atoms with E-state index in [1.54, 1.807) is 0 Å². The van der Waals surface area contributed by atoms with Crippen LogP contribution in [0.5, 0.6) is 0 Å². The molecule has 1 aliphatic carbocycles. The summed E-state index contributed by atoms with van der Waals surface area (Å²) in [5.41, 5.74) is 0. The lowest BCUT2D eigenvalue weighted by Gasteiger charge is -2.12. The lowest BCUT2D eigenvalue weighted by Crippen LogP contribution is -2.07. The van der Waals surface area contributed by atoms with Gasteiger partial charge in [-0.3, -0.25) is 4.79 Å². The number of ketones is 1. The molecule has 3 heteroatoms. The number of carbonyl (C=O) groups is 1. The Hall–Kier alpha value is -0.830. The molecule has 0 spiro atoms. The van der Waals surface area contributed by atoms with Crippen molar-refractivity contribution in [3.63, 3.8) is 0 Å². The molecule has 11 heavy (non-hydrogen) atoms. The van der Waals surface area contributed by atoms with E-state index in [9.17, 15) is 4.79 Å². The van der Waals surface area contributed by atoms with Gasteiger partial charge in [-0.25, -0.2) is 0 Å². The van der Waals surface area contributed by atoms with Crippen molar-refractivity contribution in [2.45, 2.75) is 19.3 Å². The summed E-state index contributed by atoms with van der Waals surface area (Å²) >= 11 is 0. The van der Waals surface area contributed by atoms with E-state index < -0.39 is 0 Å². The first-order valence-corrected chi connectivity index (χ1v) is 3.80. The molecule has 0 unspecified atom stereocenters. The molecule has 0 amide bonds. The van der Waals surface area contributed by atoms with Crippen LogP contribution >= 0.6 is 0 Å². The van der Waals surface area contributed by atoms with E-state index >= 15 is 0 Å². The number of ether oxygens (including phenoxy) is 1. The summed E-state index contributed by atoms with van der Waals surface area (Å²) in [6.07, 6.45) is 3.85. The molecule has 0 aromatic carbocycles. The third-order valence-electron chi connectivity index (χ3n) is 1.55. The van der Waals surface area contributed by atoms with Crippen molar-refractivity contribution in [3.05, 3.63) is 11.8 Å². The summed E-state index contributed by atoms with van der Waals surface area (Å²) < 4.78 is 5.09. The molecular weight excluding hydrogens is 144 g/mol. The number of hydrogen-bond acceptors (Lipinski definition) is 3. The molecule has 0 aromatic rings. The smallest absolute Gasteiger partial charge is 0.159 e. The maximum absolute atomic E-state index is 10.8. The molecule has 0 fully saturated rings. The maximum Gasteiger partial charge on any atom is 0.159 e. The van der Waals surface area contributed by atoms with E-state index in [1.807, 2.05) is 0 Å². The first-order chi connectivity index (χ1) is 5.33. The zero-order valence-electron chi connectivity index (χ0n) is 6.38. The number of aliphatic hydroxyl groups excluding tert-OH is 1. The molecule has 0 radical (unpaired) electrons. The summed E-state index contributed by atoms with van der Waals surface area (Å²) in [6, 6.07) is 0. The van der Waals surface area contributed by atoms with Crippen LogP contribution in [0.4, 0.5) is 0 Å². The monoisotopic (exact) mass is 156 g/mol. The Morgan fingerprint density at radius 2 is 2.36 bits per heavy atom. The average Bonchev–Trinajstić information content (AvgIpc) is 2.01. The van der Waals surface area contributed by atoms with Crippen molar-refractivity contribution in [1.82, 2.24) is 0 Å². The Labute approximate surface area is 65.7 Å². The van der Waals surface area contributed by atoms with Gasteiger partial charge in [0.15, 0.2) is 5.78 Å². The van der Waals surface area contributed by atoms with Gasteiger partial charge < -0.3 is 9.84 Å². The third-order valence-corrected chi connectivity index (χ3v) is 1.55. The lowest BCUT2D eigenvalue weighted by molar-refractivity contribution is -0.115. The maximum atomic E-state index is 10.8. The average molecular weight is 156 g/mol. The van der Waals surface area contributed by atoms with Crippen LogP contribution in [0.3, 0.4) is 0 Å². The van der Waals surface area contributed by atoms with E-state index in [1.165, 1.54) is 6.08 Å². The Morgan fingerprint density at radius 3 is 3.00 bits per heavy atom. The van der Waals surface area contributed by atoms with Crippen LogP contribution in [0.15, 0.2) is 11.8 Å². The molecule has 62 valence electrons. The topological polar surface area (TPSA) is 46.5 Å². The fraction of sp³-hybridized carbons (Fsp3) is 0.625. The Balaban J connectivity index is 2.37. The molecule has 1 N–H and O–H groups in total. The van der Waals surface area contributed by atoms with E-state index in [0.29, 0.717) is 13.0 Å². The second kappa shape index (κ2) is 4.13. The van der Waals surface area contributed by atoms with Gasteiger partial charge in [-0.2, -0.15) is 0 Å². The van der Waals surface area contributed by atoms with Crippen LogP contribution in [-0.4, -0.2) is 24.1 Å². The Morgan fingerprint density at radius 1 is 1.55 bits per heavy atom. The molecule has 0 atom stereocenters. The third kappa shape index (κ3) is 2.72. The van der Waals surface area contributed by atoms with E-state index in [2.05, 4.69) is 0 Å². The summed E-state index contributed by atoms with van der Waals surface area (Å²) in [5.74, 6) is 0.847. The molecule has 0 bridgehead atoms. The number of rotatable bonds is 3. The predicted molar refractivity (Wildman–Crippen MR) is 40.0 cm³/mol. The van der Waals surface area contributed by atoms with Gasteiger partial charge >= 0.3 is 0 Å². The van der Waals surface area contributed by atoms with Gasteiger partial charge in [0.05, 0.1) is 12.4 Å². The van der Waals surface area contributed by atoms with Crippen LogP contribution in [-0.2, 0) is 9.53 Å². The summed E-state index contributed by atoms with van der Waals surface area (Å²) in [7, 11) is 0. The number of allylic oxidation sites excluding steroid dienone is 2. The molecule has 3 nitrogen and oxygen atoms in total. The van der Waals surface area contributed by atoms with Crippen molar-refractivity contribution in [3.8, 4) is 0 Å². The minimum atomic E-state index is 0.00549. The van der Waals surface area contributed by atoms with Gasteiger partial charge in [0.1, 0.15) is 6.61 Å². The Kier molecular flexibility index (Phi) is 3.11. The summed E-state index contributed by atoms with van der Waals surface area (Å²) in [6.45, 7) is 0.296. The SMILES string of the molecule is O=C1C=C(OCCO)CCC1. The van der Waals surface area contributed by atoms with Gasteiger partial charge in [0.25, 0.3) is 0 Å². The summed E-state index contributed by atoms with van der Waals surface area (Å²) in [4.78, 5) is 10.8. The van der Waals surface area contributed by atoms with Gasteiger partial charge in [0.2, 0.25) is 0 Å². The fourth-order valence-electron chi connectivity index (χ4n) is 1.05. The zero-order chi connectivity index (χ0) is 8.10. The molecule has 0 heterocycles. The molecule has 1 rings (SSSR count). The van der Waals surface area contributed by atoms with Gasteiger partial charge in [-0.15, -0.1) is 0 Å². The zero-order valence-corrected chi connectivity index (χ0v) is 6.38. The quantitative estimate of drug-likeness (QED) is 0.652. The molecule has 0 saturated carbocycles. The van der Waals surface area contributed by atoms with Crippen molar-refractivity contribution in [2.75, 3.05) is 13.2 Å². The molecule has 1 aliphatic rings. The Bertz CT molecular complexity index is 172.